The Morgan fingerprint density at radius 3 is 2.34 bits per heavy atom. The number of benzene rings is 2. The summed E-state index contributed by atoms with van der Waals surface area (Å²) in [6, 6.07) is 12.3. The Balaban J connectivity index is 1.97. The van der Waals surface area contributed by atoms with E-state index in [-0.39, 0.29) is 37.1 Å². The fourth-order valence-corrected chi connectivity index (χ4v) is 3.20. The smallest absolute Gasteiger partial charge is 0.226 e. The van der Waals surface area contributed by atoms with Gasteiger partial charge in [0.05, 0.1) is 0 Å². The van der Waals surface area contributed by atoms with E-state index < -0.39 is 0 Å². The summed E-state index contributed by atoms with van der Waals surface area (Å²) >= 11 is 0. The van der Waals surface area contributed by atoms with E-state index in [1.54, 1.807) is 18.2 Å². The van der Waals surface area contributed by atoms with Crippen LogP contribution in [0.5, 0.6) is 0 Å². The van der Waals surface area contributed by atoms with Crippen LogP contribution in [0.4, 0.5) is 15.8 Å². The summed E-state index contributed by atoms with van der Waals surface area (Å²) in [7, 11) is 0. The van der Waals surface area contributed by atoms with E-state index in [4.69, 9.17) is 0 Å². The van der Waals surface area contributed by atoms with Gasteiger partial charge < -0.3 is 15.1 Å². The van der Waals surface area contributed by atoms with E-state index in [2.05, 4.69) is 30.1 Å². The number of rotatable bonds is 9. The molecule has 0 radical (unpaired) electrons. The van der Waals surface area contributed by atoms with Crippen LogP contribution in [0.2, 0.25) is 0 Å². The number of halogens is 1. The highest BCUT2D eigenvalue weighted by Crippen LogP contribution is 2.23. The zero-order valence-electron chi connectivity index (χ0n) is 17.7. The molecule has 0 atom stereocenters. The van der Waals surface area contributed by atoms with Gasteiger partial charge in [0.15, 0.2) is 0 Å². The molecule has 0 aromatic heterocycles. The maximum atomic E-state index is 13.9. The number of anilines is 2. The van der Waals surface area contributed by atoms with Crippen molar-refractivity contribution < 1.29 is 14.0 Å². The molecule has 0 saturated carbocycles. The number of nitrogens with one attached hydrogen (secondary N) is 1. The summed E-state index contributed by atoms with van der Waals surface area (Å²) in [5.74, 6) is -0.726. The zero-order valence-corrected chi connectivity index (χ0v) is 17.7. The first-order valence-corrected chi connectivity index (χ1v) is 10.00. The van der Waals surface area contributed by atoms with E-state index in [1.807, 2.05) is 19.1 Å². The van der Waals surface area contributed by atoms with Crippen molar-refractivity contribution in [1.82, 2.24) is 4.90 Å². The SMILES string of the molecule is CCN(CC)c1ccc(NC(=O)CCN(Cc2ccccc2F)C(C)=O)c(C)c1. The largest absolute Gasteiger partial charge is 0.372 e. The summed E-state index contributed by atoms with van der Waals surface area (Å²) in [4.78, 5) is 28.0. The molecular formula is C23H30FN3O2. The number of hydrogen-bond donors (Lipinski definition) is 1. The van der Waals surface area contributed by atoms with Crippen molar-refractivity contribution in [2.45, 2.75) is 40.7 Å². The van der Waals surface area contributed by atoms with E-state index in [0.717, 1.165) is 30.0 Å². The van der Waals surface area contributed by atoms with Crippen LogP contribution in [0.3, 0.4) is 0 Å². The van der Waals surface area contributed by atoms with Crippen LogP contribution in [0.15, 0.2) is 42.5 Å². The fraction of sp³-hybridized carbons (Fsp3) is 0.391. The summed E-state index contributed by atoms with van der Waals surface area (Å²) in [6.45, 7) is 9.82. The van der Waals surface area contributed by atoms with Crippen molar-refractivity contribution in [3.63, 3.8) is 0 Å². The first-order chi connectivity index (χ1) is 13.8. The minimum atomic E-state index is -0.355. The van der Waals surface area contributed by atoms with Crippen LogP contribution < -0.4 is 10.2 Å². The average Bonchev–Trinajstić information content (AvgIpc) is 2.69. The molecule has 0 spiro atoms. The molecule has 2 aromatic rings. The number of carbonyl (C=O) groups is 2. The van der Waals surface area contributed by atoms with Crippen LogP contribution >= 0.6 is 0 Å². The van der Waals surface area contributed by atoms with Gasteiger partial charge in [0, 0.05) is 56.5 Å². The summed E-state index contributed by atoms with van der Waals surface area (Å²) in [5, 5.41) is 2.91. The Morgan fingerprint density at radius 1 is 1.07 bits per heavy atom. The van der Waals surface area contributed by atoms with Gasteiger partial charge in [-0.15, -0.1) is 0 Å². The number of hydrogen-bond acceptors (Lipinski definition) is 3. The molecule has 0 aliphatic heterocycles. The Labute approximate surface area is 172 Å². The van der Waals surface area contributed by atoms with Gasteiger partial charge in [0.1, 0.15) is 5.82 Å². The standard InChI is InChI=1S/C23H30FN3O2/c1-5-26(6-2)20-11-12-22(17(3)15-20)25-23(29)13-14-27(18(4)28)16-19-9-7-8-10-21(19)24/h7-12,15H,5-6,13-14,16H2,1-4H3,(H,25,29). The molecule has 156 valence electrons. The Hall–Kier alpha value is -2.89. The van der Waals surface area contributed by atoms with Crippen LogP contribution in [0.1, 0.15) is 38.3 Å². The molecule has 0 bridgehead atoms. The third kappa shape index (κ3) is 6.31. The molecule has 0 unspecified atom stereocenters. The fourth-order valence-electron chi connectivity index (χ4n) is 3.20. The van der Waals surface area contributed by atoms with Crippen molar-refractivity contribution in [3.05, 3.63) is 59.4 Å². The van der Waals surface area contributed by atoms with Crippen molar-refractivity contribution in [3.8, 4) is 0 Å². The molecule has 2 amide bonds. The molecule has 0 saturated heterocycles. The molecule has 29 heavy (non-hydrogen) atoms. The first kappa shape index (κ1) is 22.4. The van der Waals surface area contributed by atoms with Gasteiger partial charge in [-0.25, -0.2) is 4.39 Å². The summed E-state index contributed by atoms with van der Waals surface area (Å²) in [5.41, 5.74) is 3.30. The van der Waals surface area contributed by atoms with Crippen molar-refractivity contribution in [2.24, 2.45) is 0 Å². The van der Waals surface area contributed by atoms with E-state index >= 15 is 0 Å². The average molecular weight is 400 g/mol. The molecule has 0 heterocycles. The van der Waals surface area contributed by atoms with Gasteiger partial charge in [-0.1, -0.05) is 18.2 Å². The van der Waals surface area contributed by atoms with E-state index in [0.29, 0.717) is 5.56 Å². The maximum Gasteiger partial charge on any atom is 0.226 e. The van der Waals surface area contributed by atoms with E-state index in [9.17, 15) is 14.0 Å². The molecule has 2 aromatic carbocycles. The normalized spacial score (nSPS) is 10.5. The number of amides is 2. The molecule has 6 heteroatoms. The van der Waals surface area contributed by atoms with Gasteiger partial charge in [-0.2, -0.15) is 0 Å². The van der Waals surface area contributed by atoms with Gasteiger partial charge in [0.2, 0.25) is 11.8 Å². The van der Waals surface area contributed by atoms with Gasteiger partial charge in [0.25, 0.3) is 0 Å². The van der Waals surface area contributed by atoms with Gasteiger partial charge >= 0.3 is 0 Å². The highest BCUT2D eigenvalue weighted by Gasteiger charge is 2.14. The molecule has 0 fully saturated rings. The maximum absolute atomic E-state index is 13.9. The second-order valence-electron chi connectivity index (χ2n) is 7.00. The zero-order chi connectivity index (χ0) is 21.4. The van der Waals surface area contributed by atoms with Crippen LogP contribution in [0, 0.1) is 12.7 Å². The lowest BCUT2D eigenvalue weighted by atomic mass is 10.1. The second-order valence-corrected chi connectivity index (χ2v) is 7.00. The first-order valence-electron chi connectivity index (χ1n) is 10.00. The summed E-state index contributed by atoms with van der Waals surface area (Å²) < 4.78 is 13.9. The predicted octanol–water partition coefficient (Wildman–Crippen LogP) is 4.36. The molecule has 5 nitrogen and oxygen atoms in total. The van der Waals surface area contributed by atoms with Gasteiger partial charge in [-0.05, 0) is 50.6 Å². The highest BCUT2D eigenvalue weighted by atomic mass is 19.1. The summed E-state index contributed by atoms with van der Waals surface area (Å²) in [6.07, 6.45) is 0.144. The second kappa shape index (κ2) is 10.6. The Bertz CT molecular complexity index is 850. The quantitative estimate of drug-likeness (QED) is 0.682. The van der Waals surface area contributed by atoms with E-state index in [1.165, 1.54) is 17.9 Å². The third-order valence-electron chi connectivity index (χ3n) is 4.99. The number of carbonyl (C=O) groups excluding carboxylic acids is 2. The molecular weight excluding hydrogens is 369 g/mol. The number of aryl methyl sites for hydroxylation is 1. The molecule has 0 aliphatic carbocycles. The lowest BCUT2D eigenvalue weighted by molar-refractivity contribution is -0.130. The Kier molecular flexibility index (Phi) is 8.19. The minimum absolute atomic E-state index is 0.144. The molecule has 1 N–H and O–H groups in total. The number of nitrogens with zero attached hydrogens (tertiary/aromatic N) is 2. The highest BCUT2D eigenvalue weighted by molar-refractivity contribution is 5.92. The van der Waals surface area contributed by atoms with Gasteiger partial charge in [-0.3, -0.25) is 9.59 Å². The topological polar surface area (TPSA) is 52.7 Å². The van der Waals surface area contributed by atoms with Crippen LogP contribution in [0.25, 0.3) is 0 Å². The predicted molar refractivity (Wildman–Crippen MR) is 115 cm³/mol. The van der Waals surface area contributed by atoms with Crippen molar-refractivity contribution in [2.75, 3.05) is 29.9 Å². The monoisotopic (exact) mass is 399 g/mol. The third-order valence-corrected chi connectivity index (χ3v) is 4.99. The van der Waals surface area contributed by atoms with Crippen molar-refractivity contribution in [1.29, 1.82) is 0 Å². The lowest BCUT2D eigenvalue weighted by Crippen LogP contribution is -2.32. The molecule has 2 rings (SSSR count). The van der Waals surface area contributed by atoms with Crippen LogP contribution in [-0.4, -0.2) is 36.3 Å². The Morgan fingerprint density at radius 2 is 1.76 bits per heavy atom. The minimum Gasteiger partial charge on any atom is -0.372 e. The lowest BCUT2D eigenvalue weighted by Gasteiger charge is -2.23. The van der Waals surface area contributed by atoms with Crippen LogP contribution in [-0.2, 0) is 16.1 Å². The van der Waals surface area contributed by atoms with Crippen molar-refractivity contribution >= 4 is 23.2 Å². The molecule has 0 aliphatic rings.